The summed E-state index contributed by atoms with van der Waals surface area (Å²) in [5, 5.41) is 13.8. The number of nitrogens with zero attached hydrogens (tertiary/aromatic N) is 1. The van der Waals surface area contributed by atoms with E-state index in [4.69, 9.17) is 9.47 Å². The molecule has 0 bridgehead atoms. The Morgan fingerprint density at radius 3 is 2.08 bits per heavy atom. The molecule has 0 saturated heterocycles. The molecule has 0 amide bonds. The van der Waals surface area contributed by atoms with Crippen LogP contribution in [0.3, 0.4) is 0 Å². The summed E-state index contributed by atoms with van der Waals surface area (Å²) in [4.78, 5) is 10.2. The second-order valence-corrected chi connectivity index (χ2v) is 4.71. The zero-order valence-corrected chi connectivity index (χ0v) is 12.7. The molecule has 128 valence electrons. The Morgan fingerprint density at radius 1 is 1.04 bits per heavy atom. The number of methoxy groups -OCH3 is 2. The molecule has 1 N–H and O–H groups in total. The lowest BCUT2D eigenvalue weighted by atomic mass is 10.1. The molecule has 2 aromatic carbocycles. The van der Waals surface area contributed by atoms with Crippen LogP contribution in [0.4, 0.5) is 30.2 Å². The van der Waals surface area contributed by atoms with Crippen LogP contribution in [-0.2, 0) is 6.18 Å². The van der Waals surface area contributed by atoms with Gasteiger partial charge in [-0.1, -0.05) is 0 Å². The van der Waals surface area contributed by atoms with Gasteiger partial charge in [-0.25, -0.2) is 0 Å². The molecular weight excluding hydrogens is 329 g/mol. The van der Waals surface area contributed by atoms with E-state index in [1.54, 1.807) is 6.07 Å². The molecule has 0 atom stereocenters. The third-order valence-corrected chi connectivity index (χ3v) is 3.15. The summed E-state index contributed by atoms with van der Waals surface area (Å²) < 4.78 is 48.3. The minimum Gasteiger partial charge on any atom is -0.497 e. The molecule has 9 heteroatoms. The van der Waals surface area contributed by atoms with Crippen molar-refractivity contribution in [3.63, 3.8) is 0 Å². The van der Waals surface area contributed by atoms with Gasteiger partial charge in [0.15, 0.2) is 0 Å². The van der Waals surface area contributed by atoms with Crippen LogP contribution in [0.25, 0.3) is 0 Å². The number of ether oxygens (including phenoxy) is 2. The lowest BCUT2D eigenvalue weighted by Crippen LogP contribution is -2.06. The standard InChI is InChI=1S/C15H13F3N2O4/c1-23-11-6-10(7-12(8-11)24-2)19-13-4-3-9(15(16,17)18)5-14(13)20(21)22/h3-8,19H,1-2H3. The average Bonchev–Trinajstić information content (AvgIpc) is 2.53. The van der Waals surface area contributed by atoms with Crippen LogP contribution in [0.5, 0.6) is 11.5 Å². The molecule has 6 nitrogen and oxygen atoms in total. The van der Waals surface area contributed by atoms with Gasteiger partial charge in [0.25, 0.3) is 5.69 Å². The number of nitrogens with one attached hydrogen (secondary N) is 1. The Kier molecular flexibility index (Phi) is 4.82. The topological polar surface area (TPSA) is 73.6 Å². The SMILES string of the molecule is COc1cc(Nc2ccc(C(F)(F)F)cc2[N+](=O)[O-])cc(OC)c1. The number of nitro groups is 1. The van der Waals surface area contributed by atoms with Gasteiger partial charge in [-0.3, -0.25) is 10.1 Å². The summed E-state index contributed by atoms with van der Waals surface area (Å²) in [5.74, 6) is 0.845. The lowest BCUT2D eigenvalue weighted by Gasteiger charge is -2.12. The normalized spacial score (nSPS) is 11.0. The molecule has 0 aliphatic carbocycles. The average molecular weight is 342 g/mol. The van der Waals surface area contributed by atoms with Gasteiger partial charge in [-0.15, -0.1) is 0 Å². The van der Waals surface area contributed by atoms with Gasteiger partial charge in [-0.05, 0) is 12.1 Å². The van der Waals surface area contributed by atoms with E-state index in [0.717, 1.165) is 12.1 Å². The van der Waals surface area contributed by atoms with Crippen molar-refractivity contribution in [2.45, 2.75) is 6.18 Å². The molecule has 24 heavy (non-hydrogen) atoms. The van der Waals surface area contributed by atoms with Gasteiger partial charge in [0.1, 0.15) is 17.2 Å². The van der Waals surface area contributed by atoms with Gasteiger partial charge in [-0.2, -0.15) is 13.2 Å². The Morgan fingerprint density at radius 2 is 1.62 bits per heavy atom. The van der Waals surface area contributed by atoms with Crippen molar-refractivity contribution in [2.75, 3.05) is 19.5 Å². The van der Waals surface area contributed by atoms with E-state index >= 15 is 0 Å². The van der Waals surface area contributed by atoms with Gasteiger partial charge < -0.3 is 14.8 Å². The molecule has 0 heterocycles. The van der Waals surface area contributed by atoms with Gasteiger partial charge in [0.2, 0.25) is 0 Å². The van der Waals surface area contributed by atoms with E-state index in [0.29, 0.717) is 23.3 Å². The summed E-state index contributed by atoms with van der Waals surface area (Å²) >= 11 is 0. The minimum absolute atomic E-state index is 0.0803. The number of nitro benzene ring substituents is 1. The van der Waals surface area contributed by atoms with E-state index in [1.807, 2.05) is 0 Å². The molecule has 2 rings (SSSR count). The zero-order chi connectivity index (χ0) is 17.9. The van der Waals surface area contributed by atoms with Crippen LogP contribution in [0.2, 0.25) is 0 Å². The fourth-order valence-corrected chi connectivity index (χ4v) is 2.00. The quantitative estimate of drug-likeness (QED) is 0.645. The predicted octanol–water partition coefficient (Wildman–Crippen LogP) is 4.37. The molecule has 0 aliphatic rings. The molecule has 0 aliphatic heterocycles. The predicted molar refractivity (Wildman–Crippen MR) is 80.9 cm³/mol. The van der Waals surface area contributed by atoms with Gasteiger partial charge >= 0.3 is 6.18 Å². The third kappa shape index (κ3) is 3.86. The monoisotopic (exact) mass is 342 g/mol. The number of hydrogen-bond donors (Lipinski definition) is 1. The van der Waals surface area contributed by atoms with Crippen molar-refractivity contribution in [3.05, 3.63) is 52.1 Å². The van der Waals surface area contributed by atoms with Crippen LogP contribution >= 0.6 is 0 Å². The van der Waals surface area contributed by atoms with Crippen molar-refractivity contribution in [1.82, 2.24) is 0 Å². The number of anilines is 2. The van der Waals surface area contributed by atoms with Crippen molar-refractivity contribution in [3.8, 4) is 11.5 Å². The van der Waals surface area contributed by atoms with E-state index in [1.165, 1.54) is 26.4 Å². The second kappa shape index (κ2) is 6.65. The number of hydrogen-bond acceptors (Lipinski definition) is 5. The van der Waals surface area contributed by atoms with E-state index < -0.39 is 22.4 Å². The first kappa shape index (κ1) is 17.4. The molecule has 0 aromatic heterocycles. The highest BCUT2D eigenvalue weighted by molar-refractivity contribution is 5.71. The maximum Gasteiger partial charge on any atom is 0.416 e. The summed E-state index contributed by atoms with van der Waals surface area (Å²) in [6.45, 7) is 0. The molecular formula is C15H13F3N2O4. The first-order chi connectivity index (χ1) is 11.2. The van der Waals surface area contributed by atoms with Crippen LogP contribution < -0.4 is 14.8 Å². The number of rotatable bonds is 5. The maximum atomic E-state index is 12.7. The smallest absolute Gasteiger partial charge is 0.416 e. The summed E-state index contributed by atoms with van der Waals surface area (Å²) in [5.41, 5.74) is -1.49. The van der Waals surface area contributed by atoms with E-state index in [2.05, 4.69) is 5.32 Å². The lowest BCUT2D eigenvalue weighted by molar-refractivity contribution is -0.384. The van der Waals surface area contributed by atoms with Crippen molar-refractivity contribution in [2.24, 2.45) is 0 Å². The molecule has 2 aromatic rings. The summed E-state index contributed by atoms with van der Waals surface area (Å²) in [7, 11) is 2.86. The summed E-state index contributed by atoms with van der Waals surface area (Å²) in [6, 6.07) is 6.92. The number of halogens is 3. The Hall–Kier alpha value is -2.97. The highest BCUT2D eigenvalue weighted by Crippen LogP contribution is 2.37. The van der Waals surface area contributed by atoms with E-state index in [-0.39, 0.29) is 5.69 Å². The number of alkyl halides is 3. The van der Waals surface area contributed by atoms with Crippen molar-refractivity contribution >= 4 is 17.1 Å². The number of benzene rings is 2. The fourth-order valence-electron chi connectivity index (χ4n) is 2.00. The third-order valence-electron chi connectivity index (χ3n) is 3.15. The molecule has 0 saturated carbocycles. The molecule has 0 spiro atoms. The van der Waals surface area contributed by atoms with Crippen LogP contribution in [0, 0.1) is 10.1 Å². The minimum atomic E-state index is -4.66. The Labute approximate surface area is 135 Å². The van der Waals surface area contributed by atoms with E-state index in [9.17, 15) is 23.3 Å². The fraction of sp³-hybridized carbons (Fsp3) is 0.200. The van der Waals surface area contributed by atoms with Crippen molar-refractivity contribution in [1.29, 1.82) is 0 Å². The molecule has 0 radical (unpaired) electrons. The first-order valence-electron chi connectivity index (χ1n) is 6.60. The largest absolute Gasteiger partial charge is 0.497 e. The molecule has 0 unspecified atom stereocenters. The molecule has 0 fully saturated rings. The maximum absolute atomic E-state index is 12.7. The van der Waals surface area contributed by atoms with Crippen LogP contribution in [-0.4, -0.2) is 19.1 Å². The van der Waals surface area contributed by atoms with Crippen LogP contribution in [0.15, 0.2) is 36.4 Å². The second-order valence-electron chi connectivity index (χ2n) is 4.71. The Bertz CT molecular complexity index is 741. The summed E-state index contributed by atoms with van der Waals surface area (Å²) in [6.07, 6.45) is -4.66. The highest BCUT2D eigenvalue weighted by atomic mass is 19.4. The van der Waals surface area contributed by atoms with Crippen molar-refractivity contribution < 1.29 is 27.6 Å². The Balaban J connectivity index is 2.44. The first-order valence-corrected chi connectivity index (χ1v) is 6.60. The van der Waals surface area contributed by atoms with Gasteiger partial charge in [0, 0.05) is 30.0 Å². The van der Waals surface area contributed by atoms with Crippen LogP contribution in [0.1, 0.15) is 5.56 Å². The zero-order valence-electron chi connectivity index (χ0n) is 12.7. The highest BCUT2D eigenvalue weighted by Gasteiger charge is 2.33. The van der Waals surface area contributed by atoms with Gasteiger partial charge in [0.05, 0.1) is 24.7 Å².